The Hall–Kier alpha value is -0.770. The third-order valence-electron chi connectivity index (χ3n) is 3.91. The Balaban J connectivity index is 1.96. The standard InChI is InChI=1S/C17H27ClN2O/c1-3-4-10-20(15-7-8-15)16-6-5-14(17(18)12-16)13-19-9-11-21-2/h5-6,12,15,19H,3-4,7-11,13H2,1-2H3. The molecule has 1 N–H and O–H groups in total. The maximum atomic E-state index is 6.45. The van der Waals surface area contributed by atoms with E-state index in [1.54, 1.807) is 7.11 Å². The minimum atomic E-state index is 0.724. The largest absolute Gasteiger partial charge is 0.383 e. The van der Waals surface area contributed by atoms with Gasteiger partial charge in [-0.3, -0.25) is 0 Å². The molecule has 0 heterocycles. The van der Waals surface area contributed by atoms with Gasteiger partial charge in [0.15, 0.2) is 0 Å². The van der Waals surface area contributed by atoms with E-state index in [2.05, 4.69) is 35.3 Å². The molecular weight excluding hydrogens is 284 g/mol. The van der Waals surface area contributed by atoms with Gasteiger partial charge in [0, 0.05) is 43.5 Å². The van der Waals surface area contributed by atoms with Crippen molar-refractivity contribution in [3.63, 3.8) is 0 Å². The lowest BCUT2D eigenvalue weighted by Gasteiger charge is -2.25. The second kappa shape index (κ2) is 8.62. The molecule has 1 aromatic carbocycles. The molecule has 4 heteroatoms. The predicted molar refractivity (Wildman–Crippen MR) is 90.3 cm³/mol. The maximum Gasteiger partial charge on any atom is 0.0587 e. The van der Waals surface area contributed by atoms with E-state index < -0.39 is 0 Å². The fourth-order valence-electron chi connectivity index (χ4n) is 2.49. The zero-order chi connectivity index (χ0) is 15.1. The fraction of sp³-hybridized carbons (Fsp3) is 0.647. The van der Waals surface area contributed by atoms with Crippen molar-refractivity contribution in [3.8, 4) is 0 Å². The molecule has 1 aromatic rings. The molecule has 0 radical (unpaired) electrons. The number of hydrogen-bond acceptors (Lipinski definition) is 3. The highest BCUT2D eigenvalue weighted by Crippen LogP contribution is 2.33. The average Bonchev–Trinajstić information content (AvgIpc) is 3.30. The summed E-state index contributed by atoms with van der Waals surface area (Å²) < 4.78 is 5.03. The quantitative estimate of drug-likeness (QED) is 0.664. The van der Waals surface area contributed by atoms with Crippen molar-refractivity contribution in [2.75, 3.05) is 31.7 Å². The molecular formula is C17H27ClN2O. The van der Waals surface area contributed by atoms with E-state index in [0.29, 0.717) is 0 Å². The van der Waals surface area contributed by atoms with Crippen LogP contribution in [0.5, 0.6) is 0 Å². The summed E-state index contributed by atoms with van der Waals surface area (Å²) in [7, 11) is 1.71. The molecule has 1 fully saturated rings. The third kappa shape index (κ3) is 5.17. The lowest BCUT2D eigenvalue weighted by atomic mass is 10.1. The second-order valence-electron chi connectivity index (χ2n) is 5.72. The second-order valence-corrected chi connectivity index (χ2v) is 6.13. The van der Waals surface area contributed by atoms with Crippen molar-refractivity contribution >= 4 is 17.3 Å². The van der Waals surface area contributed by atoms with Gasteiger partial charge < -0.3 is 15.0 Å². The Morgan fingerprint density at radius 1 is 1.38 bits per heavy atom. The minimum absolute atomic E-state index is 0.724. The number of methoxy groups -OCH3 is 1. The van der Waals surface area contributed by atoms with Crippen LogP contribution in [-0.2, 0) is 11.3 Å². The van der Waals surface area contributed by atoms with Gasteiger partial charge in [0.25, 0.3) is 0 Å². The molecule has 2 rings (SSSR count). The Morgan fingerprint density at radius 3 is 2.81 bits per heavy atom. The van der Waals surface area contributed by atoms with E-state index in [9.17, 15) is 0 Å². The first-order valence-corrected chi connectivity index (χ1v) is 8.38. The minimum Gasteiger partial charge on any atom is -0.383 e. The smallest absolute Gasteiger partial charge is 0.0587 e. The SMILES string of the molecule is CCCCN(c1ccc(CNCCOC)c(Cl)c1)C1CC1. The first-order chi connectivity index (χ1) is 10.3. The first-order valence-electron chi connectivity index (χ1n) is 8.01. The van der Waals surface area contributed by atoms with Crippen LogP contribution in [0.2, 0.25) is 5.02 Å². The first kappa shape index (κ1) is 16.6. The number of ether oxygens (including phenoxy) is 1. The highest BCUT2D eigenvalue weighted by Gasteiger charge is 2.28. The average molecular weight is 311 g/mol. The number of hydrogen-bond donors (Lipinski definition) is 1. The summed E-state index contributed by atoms with van der Waals surface area (Å²) in [5.41, 5.74) is 2.43. The Bertz CT molecular complexity index is 435. The van der Waals surface area contributed by atoms with Crippen LogP contribution in [-0.4, -0.2) is 32.8 Å². The van der Waals surface area contributed by atoms with Gasteiger partial charge in [0.05, 0.1) is 6.61 Å². The van der Waals surface area contributed by atoms with Crippen molar-refractivity contribution in [2.24, 2.45) is 0 Å². The van der Waals surface area contributed by atoms with Crippen LogP contribution >= 0.6 is 11.6 Å². The monoisotopic (exact) mass is 310 g/mol. The van der Waals surface area contributed by atoms with Crippen molar-refractivity contribution in [1.82, 2.24) is 5.32 Å². The van der Waals surface area contributed by atoms with Crippen molar-refractivity contribution < 1.29 is 4.74 Å². The lowest BCUT2D eigenvalue weighted by Crippen LogP contribution is -2.26. The summed E-state index contributed by atoms with van der Waals surface area (Å²) in [4.78, 5) is 2.53. The predicted octanol–water partition coefficient (Wildman–Crippen LogP) is 3.84. The Labute approximate surface area is 133 Å². The zero-order valence-corrected chi connectivity index (χ0v) is 14.0. The molecule has 0 amide bonds. The molecule has 1 aliphatic carbocycles. The van der Waals surface area contributed by atoms with Gasteiger partial charge in [-0.2, -0.15) is 0 Å². The van der Waals surface area contributed by atoms with Crippen molar-refractivity contribution in [1.29, 1.82) is 0 Å². The van der Waals surface area contributed by atoms with Crippen LogP contribution in [0.25, 0.3) is 0 Å². The van der Waals surface area contributed by atoms with Crippen molar-refractivity contribution in [3.05, 3.63) is 28.8 Å². The third-order valence-corrected chi connectivity index (χ3v) is 4.26. The van der Waals surface area contributed by atoms with Gasteiger partial charge in [-0.25, -0.2) is 0 Å². The van der Waals surface area contributed by atoms with Gasteiger partial charge >= 0.3 is 0 Å². The number of benzene rings is 1. The van der Waals surface area contributed by atoms with Gasteiger partial charge in [0.2, 0.25) is 0 Å². The molecule has 1 saturated carbocycles. The number of nitrogens with one attached hydrogen (secondary N) is 1. The van der Waals surface area contributed by atoms with Crippen LogP contribution in [0.4, 0.5) is 5.69 Å². The summed E-state index contributed by atoms with van der Waals surface area (Å²) in [5.74, 6) is 0. The van der Waals surface area contributed by atoms with Crippen LogP contribution in [0.1, 0.15) is 38.2 Å². The number of nitrogens with zero attached hydrogens (tertiary/aromatic N) is 1. The molecule has 0 aromatic heterocycles. The molecule has 0 bridgehead atoms. The van der Waals surface area contributed by atoms with E-state index in [1.165, 1.54) is 31.4 Å². The van der Waals surface area contributed by atoms with E-state index >= 15 is 0 Å². The highest BCUT2D eigenvalue weighted by atomic mass is 35.5. The van der Waals surface area contributed by atoms with Gasteiger partial charge in [0.1, 0.15) is 0 Å². The summed E-state index contributed by atoms with van der Waals surface area (Å²) >= 11 is 6.45. The Morgan fingerprint density at radius 2 is 2.19 bits per heavy atom. The van der Waals surface area contributed by atoms with E-state index in [-0.39, 0.29) is 0 Å². The topological polar surface area (TPSA) is 24.5 Å². The molecule has 21 heavy (non-hydrogen) atoms. The van der Waals surface area contributed by atoms with E-state index in [1.807, 2.05) is 0 Å². The molecule has 3 nitrogen and oxygen atoms in total. The normalized spacial score (nSPS) is 14.4. The maximum absolute atomic E-state index is 6.45. The van der Waals surface area contributed by atoms with Crippen LogP contribution < -0.4 is 10.2 Å². The van der Waals surface area contributed by atoms with Gasteiger partial charge in [-0.05, 0) is 37.0 Å². The lowest BCUT2D eigenvalue weighted by molar-refractivity contribution is 0.199. The molecule has 0 atom stereocenters. The molecule has 0 aliphatic heterocycles. The molecule has 0 spiro atoms. The summed E-state index contributed by atoms with van der Waals surface area (Å²) in [6.45, 7) is 5.75. The summed E-state index contributed by atoms with van der Waals surface area (Å²) in [6, 6.07) is 7.23. The molecule has 0 unspecified atom stereocenters. The van der Waals surface area contributed by atoms with Crippen LogP contribution in [0.3, 0.4) is 0 Å². The van der Waals surface area contributed by atoms with Crippen molar-refractivity contribution in [2.45, 2.75) is 45.2 Å². The fourth-order valence-corrected chi connectivity index (χ4v) is 2.73. The number of unbranched alkanes of at least 4 members (excludes halogenated alkanes) is 1. The van der Waals surface area contributed by atoms with Crippen LogP contribution in [0.15, 0.2) is 18.2 Å². The highest BCUT2D eigenvalue weighted by molar-refractivity contribution is 6.31. The molecule has 118 valence electrons. The summed E-state index contributed by atoms with van der Waals surface area (Å²) in [5, 5.41) is 4.20. The van der Waals surface area contributed by atoms with Gasteiger partial charge in [-0.1, -0.05) is 31.0 Å². The number of halogens is 1. The van der Waals surface area contributed by atoms with Crippen LogP contribution in [0, 0.1) is 0 Å². The number of rotatable bonds is 10. The Kier molecular flexibility index (Phi) is 6.81. The number of anilines is 1. The molecule has 1 aliphatic rings. The molecule has 0 saturated heterocycles. The van der Waals surface area contributed by atoms with E-state index in [0.717, 1.165) is 42.9 Å². The summed E-state index contributed by atoms with van der Waals surface area (Å²) in [6.07, 6.45) is 5.12. The zero-order valence-electron chi connectivity index (χ0n) is 13.2. The van der Waals surface area contributed by atoms with E-state index in [4.69, 9.17) is 16.3 Å². The van der Waals surface area contributed by atoms with Gasteiger partial charge in [-0.15, -0.1) is 0 Å².